The number of para-hydroxylation sites is 2. The molecule has 33 heavy (non-hydrogen) atoms. The van der Waals surface area contributed by atoms with Gasteiger partial charge in [0.05, 0.1) is 22.5 Å². The van der Waals surface area contributed by atoms with Crippen LogP contribution >= 0.6 is 0 Å². The van der Waals surface area contributed by atoms with Crippen molar-refractivity contribution in [3.8, 4) is 5.88 Å². The van der Waals surface area contributed by atoms with E-state index in [2.05, 4.69) is 19.7 Å². The molecule has 0 aliphatic rings. The van der Waals surface area contributed by atoms with E-state index in [1.54, 1.807) is 48.7 Å². The molecule has 0 radical (unpaired) electrons. The lowest BCUT2D eigenvalue weighted by molar-refractivity contribution is -0.198. The summed E-state index contributed by atoms with van der Waals surface area (Å²) >= 11 is 0. The molecule has 8 nitrogen and oxygen atoms in total. The Morgan fingerprint density at radius 3 is 2.48 bits per heavy atom. The van der Waals surface area contributed by atoms with Gasteiger partial charge in [-0.05, 0) is 37.6 Å². The molecule has 174 valence electrons. The van der Waals surface area contributed by atoms with Gasteiger partial charge in [-0.15, -0.1) is 0 Å². The normalized spacial score (nSPS) is 13.4. The molecule has 0 aliphatic heterocycles. The number of benzene rings is 1. The smallest absolute Gasteiger partial charge is 0.429 e. The zero-order valence-electron chi connectivity index (χ0n) is 17.7. The quantitative estimate of drug-likeness (QED) is 0.421. The first kappa shape index (κ1) is 22.8. The maximum absolute atomic E-state index is 14.1. The first-order valence-electron chi connectivity index (χ1n) is 10.0. The van der Waals surface area contributed by atoms with Gasteiger partial charge in [0.15, 0.2) is 0 Å². The van der Waals surface area contributed by atoms with E-state index in [0.717, 1.165) is 0 Å². The van der Waals surface area contributed by atoms with Gasteiger partial charge in [0.25, 0.3) is 5.88 Å². The van der Waals surface area contributed by atoms with Crippen LogP contribution in [0.4, 0.5) is 19.0 Å². The lowest BCUT2D eigenvalue weighted by Gasteiger charge is -2.23. The molecule has 0 aliphatic carbocycles. The third-order valence-electron chi connectivity index (χ3n) is 4.70. The molecule has 0 saturated carbocycles. The van der Waals surface area contributed by atoms with Crippen LogP contribution in [0, 0.1) is 6.92 Å². The molecule has 1 unspecified atom stereocenters. The molecule has 0 bridgehead atoms. The molecule has 0 saturated heterocycles. The van der Waals surface area contributed by atoms with E-state index in [9.17, 15) is 21.6 Å². The number of fused-ring (bicyclic) bond motifs is 2. The summed E-state index contributed by atoms with van der Waals surface area (Å²) in [6, 6.07) is 8.93. The van der Waals surface area contributed by atoms with Crippen molar-refractivity contribution >= 4 is 32.5 Å². The number of nitrogens with zero attached hydrogens (tertiary/aromatic N) is 4. The number of ether oxygens (including phenoxy) is 1. The summed E-state index contributed by atoms with van der Waals surface area (Å²) in [5.41, 5.74) is 1.31. The topological polar surface area (TPSA) is 98.5 Å². The number of anilines is 1. The minimum Gasteiger partial charge on any atom is -0.457 e. The molecule has 0 fully saturated rings. The Kier molecular flexibility index (Phi) is 5.87. The molecule has 0 spiro atoms. The Bertz CT molecular complexity index is 1420. The van der Waals surface area contributed by atoms with Crippen LogP contribution in [0.1, 0.15) is 30.7 Å². The van der Waals surface area contributed by atoms with Crippen LogP contribution in [0.15, 0.2) is 48.8 Å². The largest absolute Gasteiger partial charge is 0.457 e. The second-order valence-corrected chi connectivity index (χ2v) is 9.28. The van der Waals surface area contributed by atoms with E-state index in [0.29, 0.717) is 23.3 Å². The zero-order chi connectivity index (χ0) is 23.8. The number of rotatable bonds is 7. The van der Waals surface area contributed by atoms with Gasteiger partial charge in [-0.2, -0.15) is 13.2 Å². The number of imidazole rings is 1. The standard InChI is InChI=1S/C21H20F3N5O3S/c1-3-10-33(30,31)28-19-20(27-16-7-5-4-6-15(16)26-19)32-18(21(22,23)24)14-8-9-29-12-13(2)25-17(29)11-14/h4-9,11-12,18H,3,10H2,1-2H3,(H,26,28). The summed E-state index contributed by atoms with van der Waals surface area (Å²) < 4.78 is 76.0. The SMILES string of the molecule is CCCS(=O)(=O)Nc1nc2ccccc2nc1OC(c1ccn2cc(C)nc2c1)C(F)(F)F. The van der Waals surface area contributed by atoms with Crippen LogP contribution in [0.25, 0.3) is 16.7 Å². The second-order valence-electron chi connectivity index (χ2n) is 7.43. The Hall–Kier alpha value is -3.41. The van der Waals surface area contributed by atoms with Crippen molar-refractivity contribution in [2.45, 2.75) is 32.5 Å². The first-order chi connectivity index (χ1) is 15.6. The van der Waals surface area contributed by atoms with Crippen LogP contribution in [0.5, 0.6) is 5.88 Å². The number of pyridine rings is 1. The van der Waals surface area contributed by atoms with E-state index in [1.165, 1.54) is 18.3 Å². The van der Waals surface area contributed by atoms with Crippen molar-refractivity contribution in [1.29, 1.82) is 0 Å². The molecule has 1 N–H and O–H groups in total. The van der Waals surface area contributed by atoms with Crippen molar-refractivity contribution in [3.05, 3.63) is 60.0 Å². The fourth-order valence-electron chi connectivity index (χ4n) is 3.32. The predicted octanol–water partition coefficient (Wildman–Crippen LogP) is 4.42. The number of alkyl halides is 3. The van der Waals surface area contributed by atoms with Crippen molar-refractivity contribution in [1.82, 2.24) is 19.4 Å². The van der Waals surface area contributed by atoms with E-state index in [1.807, 2.05) is 0 Å². The van der Waals surface area contributed by atoms with Crippen LogP contribution in [-0.2, 0) is 10.0 Å². The van der Waals surface area contributed by atoms with E-state index in [-0.39, 0.29) is 16.8 Å². The van der Waals surface area contributed by atoms with Crippen LogP contribution in [0.2, 0.25) is 0 Å². The number of aromatic nitrogens is 4. The van der Waals surface area contributed by atoms with E-state index < -0.39 is 34.0 Å². The summed E-state index contributed by atoms with van der Waals surface area (Å²) in [5.74, 6) is -1.22. The van der Waals surface area contributed by atoms with Gasteiger partial charge in [0.1, 0.15) is 5.65 Å². The lowest BCUT2D eigenvalue weighted by atomic mass is 10.1. The number of sulfonamides is 1. The van der Waals surface area contributed by atoms with Gasteiger partial charge in [-0.1, -0.05) is 19.1 Å². The highest BCUT2D eigenvalue weighted by atomic mass is 32.2. The fourth-order valence-corrected chi connectivity index (χ4v) is 4.39. The number of hydrogen-bond acceptors (Lipinski definition) is 6. The number of halogens is 3. The maximum Gasteiger partial charge on any atom is 0.429 e. The van der Waals surface area contributed by atoms with Crippen LogP contribution < -0.4 is 9.46 Å². The average Bonchev–Trinajstić information content (AvgIpc) is 3.10. The molecular weight excluding hydrogens is 459 g/mol. The fraction of sp³-hybridized carbons (Fsp3) is 0.286. The Morgan fingerprint density at radius 2 is 1.82 bits per heavy atom. The lowest BCUT2D eigenvalue weighted by Crippen LogP contribution is -2.27. The van der Waals surface area contributed by atoms with Crippen molar-refractivity contribution in [2.75, 3.05) is 10.5 Å². The van der Waals surface area contributed by atoms with E-state index in [4.69, 9.17) is 4.74 Å². The minimum atomic E-state index is -4.83. The van der Waals surface area contributed by atoms with Gasteiger partial charge in [0.2, 0.25) is 21.9 Å². The van der Waals surface area contributed by atoms with Gasteiger partial charge in [0, 0.05) is 18.0 Å². The van der Waals surface area contributed by atoms with Gasteiger partial charge < -0.3 is 9.14 Å². The van der Waals surface area contributed by atoms with Crippen molar-refractivity contribution in [2.24, 2.45) is 0 Å². The van der Waals surface area contributed by atoms with Gasteiger partial charge >= 0.3 is 6.18 Å². The van der Waals surface area contributed by atoms with Crippen molar-refractivity contribution in [3.63, 3.8) is 0 Å². The highest BCUT2D eigenvalue weighted by Gasteiger charge is 2.44. The number of aryl methyl sites for hydroxylation is 1. The molecule has 3 heterocycles. The highest BCUT2D eigenvalue weighted by Crippen LogP contribution is 2.39. The first-order valence-corrected chi connectivity index (χ1v) is 11.7. The summed E-state index contributed by atoms with van der Waals surface area (Å²) in [6.45, 7) is 3.39. The monoisotopic (exact) mass is 479 g/mol. The average molecular weight is 479 g/mol. The number of nitrogens with one attached hydrogen (secondary N) is 1. The third-order valence-corrected chi connectivity index (χ3v) is 6.15. The summed E-state index contributed by atoms with van der Waals surface area (Å²) in [7, 11) is -3.86. The Morgan fingerprint density at radius 1 is 1.12 bits per heavy atom. The minimum absolute atomic E-state index is 0.210. The number of hydrogen-bond donors (Lipinski definition) is 1. The molecule has 1 aromatic carbocycles. The molecule has 3 aromatic heterocycles. The van der Waals surface area contributed by atoms with Crippen LogP contribution in [-0.4, -0.2) is 39.7 Å². The molecular formula is C21H20F3N5O3S. The molecule has 12 heteroatoms. The van der Waals surface area contributed by atoms with E-state index >= 15 is 0 Å². The molecule has 1 atom stereocenters. The Balaban J connectivity index is 1.81. The van der Waals surface area contributed by atoms with Gasteiger partial charge in [-0.25, -0.2) is 23.4 Å². The molecule has 4 rings (SSSR count). The Labute approximate surface area is 187 Å². The molecule has 0 amide bonds. The molecule has 4 aromatic rings. The second kappa shape index (κ2) is 8.50. The zero-order valence-corrected chi connectivity index (χ0v) is 18.5. The third kappa shape index (κ3) is 5.00. The predicted molar refractivity (Wildman–Crippen MR) is 117 cm³/mol. The summed E-state index contributed by atoms with van der Waals surface area (Å²) in [5, 5.41) is 0. The maximum atomic E-state index is 14.1. The van der Waals surface area contributed by atoms with Crippen LogP contribution in [0.3, 0.4) is 0 Å². The van der Waals surface area contributed by atoms with Crippen molar-refractivity contribution < 1.29 is 26.3 Å². The van der Waals surface area contributed by atoms with Gasteiger partial charge in [-0.3, -0.25) is 4.72 Å². The highest BCUT2D eigenvalue weighted by molar-refractivity contribution is 7.92. The summed E-state index contributed by atoms with van der Waals surface area (Å²) in [6.07, 6.45) is -3.82. The summed E-state index contributed by atoms with van der Waals surface area (Å²) in [4.78, 5) is 12.5.